The van der Waals surface area contributed by atoms with E-state index in [0.29, 0.717) is 24.7 Å². The molecule has 2 heterocycles. The molecule has 2 aromatic rings. The lowest BCUT2D eigenvalue weighted by atomic mass is 10.1. The summed E-state index contributed by atoms with van der Waals surface area (Å²) in [5.74, 6) is 1.16. The molecular formula is C15H20N4O2. The Morgan fingerprint density at radius 3 is 2.95 bits per heavy atom. The van der Waals surface area contributed by atoms with Crippen LogP contribution in [0.1, 0.15) is 29.4 Å². The van der Waals surface area contributed by atoms with Crippen molar-refractivity contribution >= 4 is 0 Å². The molecule has 0 radical (unpaired) electrons. The molecule has 6 nitrogen and oxygen atoms in total. The monoisotopic (exact) mass is 288 g/mol. The van der Waals surface area contributed by atoms with Gasteiger partial charge in [-0.2, -0.15) is 4.98 Å². The number of hydrogen-bond acceptors (Lipinski definition) is 6. The van der Waals surface area contributed by atoms with Gasteiger partial charge in [0.25, 0.3) is 0 Å². The molecule has 112 valence electrons. The van der Waals surface area contributed by atoms with Gasteiger partial charge in [-0.3, -0.25) is 0 Å². The molecule has 1 aromatic heterocycles. The maximum Gasteiger partial charge on any atom is 0.228 e. The maximum atomic E-state index is 6.17. The van der Waals surface area contributed by atoms with Gasteiger partial charge >= 0.3 is 0 Å². The lowest BCUT2D eigenvalue weighted by molar-refractivity contribution is -0.0264. The van der Waals surface area contributed by atoms with E-state index in [1.807, 2.05) is 30.3 Å². The fourth-order valence-corrected chi connectivity index (χ4v) is 2.42. The van der Waals surface area contributed by atoms with Crippen molar-refractivity contribution in [3.05, 3.63) is 47.6 Å². The van der Waals surface area contributed by atoms with Crippen molar-refractivity contribution in [1.29, 1.82) is 0 Å². The first-order chi connectivity index (χ1) is 10.2. The van der Waals surface area contributed by atoms with Crippen LogP contribution in [0.3, 0.4) is 0 Å². The summed E-state index contributed by atoms with van der Waals surface area (Å²) in [6, 6.07) is 9.77. The number of aromatic nitrogens is 2. The number of nitrogens with two attached hydrogens (primary N) is 1. The Hall–Kier alpha value is -1.76. The normalized spacial score (nSPS) is 21.3. The minimum Gasteiger partial charge on any atom is -0.367 e. The molecule has 0 amide bonds. The van der Waals surface area contributed by atoms with Crippen LogP contribution in [0.5, 0.6) is 0 Å². The molecular weight excluding hydrogens is 268 g/mol. The molecule has 1 aromatic carbocycles. The summed E-state index contributed by atoms with van der Waals surface area (Å²) in [7, 11) is 2.06. The fourth-order valence-electron chi connectivity index (χ4n) is 2.42. The summed E-state index contributed by atoms with van der Waals surface area (Å²) in [4.78, 5) is 6.62. The van der Waals surface area contributed by atoms with Gasteiger partial charge in [-0.25, -0.2) is 0 Å². The molecule has 2 unspecified atom stereocenters. The van der Waals surface area contributed by atoms with E-state index in [0.717, 1.165) is 18.7 Å². The van der Waals surface area contributed by atoms with Crippen molar-refractivity contribution in [1.82, 2.24) is 15.0 Å². The van der Waals surface area contributed by atoms with Crippen LogP contribution < -0.4 is 5.73 Å². The van der Waals surface area contributed by atoms with Crippen molar-refractivity contribution in [3.63, 3.8) is 0 Å². The van der Waals surface area contributed by atoms with Crippen molar-refractivity contribution in [2.75, 3.05) is 26.7 Å². The largest absolute Gasteiger partial charge is 0.367 e. The van der Waals surface area contributed by atoms with Crippen LogP contribution in [0.4, 0.5) is 0 Å². The molecule has 0 aliphatic carbocycles. The van der Waals surface area contributed by atoms with Crippen LogP contribution in [0.25, 0.3) is 0 Å². The van der Waals surface area contributed by atoms with E-state index in [4.69, 9.17) is 15.0 Å². The Bertz CT molecular complexity index is 572. The average Bonchev–Trinajstić information content (AvgIpc) is 2.97. The Labute approximate surface area is 123 Å². The third-order valence-corrected chi connectivity index (χ3v) is 3.66. The van der Waals surface area contributed by atoms with Crippen molar-refractivity contribution in [2.24, 2.45) is 5.73 Å². The van der Waals surface area contributed by atoms with Gasteiger partial charge in [0.15, 0.2) is 0 Å². The summed E-state index contributed by atoms with van der Waals surface area (Å²) in [6.07, 6.45) is 0.411. The molecule has 21 heavy (non-hydrogen) atoms. The highest BCUT2D eigenvalue weighted by atomic mass is 16.5. The van der Waals surface area contributed by atoms with E-state index >= 15 is 0 Å². The SMILES string of the molecule is CN1CCOC(c2noc(CC(N)c3ccccc3)n2)C1. The van der Waals surface area contributed by atoms with Crippen LogP contribution in [-0.4, -0.2) is 41.8 Å². The van der Waals surface area contributed by atoms with Crippen molar-refractivity contribution in [2.45, 2.75) is 18.6 Å². The van der Waals surface area contributed by atoms with E-state index < -0.39 is 0 Å². The first kappa shape index (κ1) is 14.2. The van der Waals surface area contributed by atoms with E-state index in [1.54, 1.807) is 0 Å². The zero-order chi connectivity index (χ0) is 14.7. The Morgan fingerprint density at radius 1 is 1.38 bits per heavy atom. The van der Waals surface area contributed by atoms with Crippen LogP contribution in [0.2, 0.25) is 0 Å². The maximum absolute atomic E-state index is 6.17. The molecule has 1 saturated heterocycles. The minimum atomic E-state index is -0.144. The molecule has 3 rings (SSSR count). The second-order valence-electron chi connectivity index (χ2n) is 5.39. The number of likely N-dealkylation sites (N-methyl/N-ethyl adjacent to an activating group) is 1. The lowest BCUT2D eigenvalue weighted by Crippen LogP contribution is -2.35. The first-order valence-corrected chi connectivity index (χ1v) is 7.15. The number of rotatable bonds is 4. The van der Waals surface area contributed by atoms with E-state index in [-0.39, 0.29) is 12.1 Å². The summed E-state index contributed by atoms with van der Waals surface area (Å²) in [5.41, 5.74) is 7.23. The predicted octanol–water partition coefficient (Wildman–Crippen LogP) is 1.32. The van der Waals surface area contributed by atoms with Gasteiger partial charge in [0.1, 0.15) is 6.10 Å². The second-order valence-corrected chi connectivity index (χ2v) is 5.39. The molecule has 0 spiro atoms. The zero-order valence-corrected chi connectivity index (χ0v) is 12.1. The quantitative estimate of drug-likeness (QED) is 0.914. The highest BCUT2D eigenvalue weighted by molar-refractivity contribution is 5.19. The minimum absolute atomic E-state index is 0.116. The van der Waals surface area contributed by atoms with Gasteiger partial charge < -0.3 is 19.9 Å². The third-order valence-electron chi connectivity index (χ3n) is 3.66. The Kier molecular flexibility index (Phi) is 4.28. The molecule has 2 N–H and O–H groups in total. The fraction of sp³-hybridized carbons (Fsp3) is 0.467. The third kappa shape index (κ3) is 3.47. The van der Waals surface area contributed by atoms with Gasteiger partial charge in [0, 0.05) is 25.6 Å². The molecule has 1 aliphatic rings. The van der Waals surface area contributed by atoms with Gasteiger partial charge in [0.05, 0.1) is 6.61 Å². The second kappa shape index (κ2) is 6.34. The van der Waals surface area contributed by atoms with Crippen molar-refractivity contribution < 1.29 is 9.26 Å². The molecule has 0 bridgehead atoms. The zero-order valence-electron chi connectivity index (χ0n) is 12.1. The summed E-state index contributed by atoms with van der Waals surface area (Å²) >= 11 is 0. The summed E-state index contributed by atoms with van der Waals surface area (Å²) < 4.78 is 11.0. The molecule has 0 saturated carbocycles. The Balaban J connectivity index is 1.65. The molecule has 1 fully saturated rings. The number of morpholine rings is 1. The van der Waals surface area contributed by atoms with Crippen LogP contribution in [-0.2, 0) is 11.2 Å². The van der Waals surface area contributed by atoms with Crippen LogP contribution in [0, 0.1) is 0 Å². The first-order valence-electron chi connectivity index (χ1n) is 7.15. The van der Waals surface area contributed by atoms with Gasteiger partial charge in [-0.15, -0.1) is 0 Å². The lowest BCUT2D eigenvalue weighted by Gasteiger charge is -2.27. The topological polar surface area (TPSA) is 77.4 Å². The Morgan fingerprint density at radius 2 is 2.19 bits per heavy atom. The van der Waals surface area contributed by atoms with Crippen molar-refractivity contribution in [3.8, 4) is 0 Å². The number of nitrogens with zero attached hydrogens (tertiary/aromatic N) is 3. The van der Waals surface area contributed by atoms with E-state index in [1.165, 1.54) is 0 Å². The highest BCUT2D eigenvalue weighted by Crippen LogP contribution is 2.20. The van der Waals surface area contributed by atoms with E-state index in [2.05, 4.69) is 22.1 Å². The van der Waals surface area contributed by atoms with Gasteiger partial charge in [-0.05, 0) is 12.6 Å². The average molecular weight is 288 g/mol. The van der Waals surface area contributed by atoms with Crippen LogP contribution in [0.15, 0.2) is 34.9 Å². The number of ether oxygens (including phenoxy) is 1. The standard InChI is InChI=1S/C15H20N4O2/c1-19-7-8-20-13(10-19)15-17-14(21-18-15)9-12(16)11-5-3-2-4-6-11/h2-6,12-13H,7-10,16H2,1H3. The number of benzene rings is 1. The molecule has 2 atom stereocenters. The smallest absolute Gasteiger partial charge is 0.228 e. The van der Waals surface area contributed by atoms with Gasteiger partial charge in [0.2, 0.25) is 11.7 Å². The summed E-state index contributed by atoms with van der Waals surface area (Å²) in [6.45, 7) is 2.40. The summed E-state index contributed by atoms with van der Waals surface area (Å²) in [5, 5.41) is 4.03. The predicted molar refractivity (Wildman–Crippen MR) is 77.6 cm³/mol. The van der Waals surface area contributed by atoms with Gasteiger partial charge in [-0.1, -0.05) is 35.5 Å². The van der Waals surface area contributed by atoms with E-state index in [9.17, 15) is 0 Å². The highest BCUT2D eigenvalue weighted by Gasteiger charge is 2.24. The van der Waals surface area contributed by atoms with Crippen LogP contribution >= 0.6 is 0 Å². The molecule has 1 aliphatic heterocycles. The molecule has 6 heteroatoms. The number of hydrogen-bond donors (Lipinski definition) is 1.